The number of nitrogens with one attached hydrogen (secondary N) is 1. The Kier molecular flexibility index (Phi) is 7.33. The molecule has 0 heterocycles. The summed E-state index contributed by atoms with van der Waals surface area (Å²) in [6, 6.07) is 11.0. The monoisotopic (exact) mass is 422 g/mol. The minimum atomic E-state index is -3.75. The van der Waals surface area contributed by atoms with E-state index in [1.54, 1.807) is 25.3 Å². The Hall–Kier alpha value is -2.94. The van der Waals surface area contributed by atoms with E-state index in [1.165, 1.54) is 27.2 Å². The number of sulfonamides is 1. The number of hydrogen-bond acceptors (Lipinski definition) is 6. The standard InChI is InChI=1S/C20H26N2O6S/c1-14(20(23)21-13-15-8-6-7-9-17(15)26-2)22(29(5,24)25)16-10-11-18(27-3)19(12-16)28-4/h6-12,14H,13H2,1-5H3,(H,21,23). The van der Waals surface area contributed by atoms with Gasteiger partial charge in [0.15, 0.2) is 11.5 Å². The predicted octanol–water partition coefficient (Wildman–Crippen LogP) is 2.18. The first-order chi connectivity index (χ1) is 13.7. The van der Waals surface area contributed by atoms with E-state index in [-0.39, 0.29) is 6.54 Å². The molecule has 9 heteroatoms. The van der Waals surface area contributed by atoms with Gasteiger partial charge in [-0.3, -0.25) is 9.10 Å². The van der Waals surface area contributed by atoms with Crippen LogP contribution in [0.5, 0.6) is 17.2 Å². The van der Waals surface area contributed by atoms with E-state index in [2.05, 4.69) is 5.32 Å². The molecule has 0 aliphatic heterocycles. The molecule has 0 spiro atoms. The molecule has 0 aliphatic carbocycles. The van der Waals surface area contributed by atoms with E-state index in [0.29, 0.717) is 22.9 Å². The summed E-state index contributed by atoms with van der Waals surface area (Å²) in [6.45, 7) is 1.73. The summed E-state index contributed by atoms with van der Waals surface area (Å²) in [4.78, 5) is 12.7. The Morgan fingerprint density at radius 3 is 2.21 bits per heavy atom. The quantitative estimate of drug-likeness (QED) is 0.666. The van der Waals surface area contributed by atoms with E-state index in [0.717, 1.165) is 16.1 Å². The van der Waals surface area contributed by atoms with Gasteiger partial charge in [-0.25, -0.2) is 8.42 Å². The number of nitrogens with zero attached hydrogens (tertiary/aromatic N) is 1. The molecule has 1 atom stereocenters. The fourth-order valence-corrected chi connectivity index (χ4v) is 4.12. The molecule has 1 amide bonds. The summed E-state index contributed by atoms with van der Waals surface area (Å²) in [7, 11) is 0.736. The molecule has 1 N–H and O–H groups in total. The lowest BCUT2D eigenvalue weighted by molar-refractivity contribution is -0.122. The van der Waals surface area contributed by atoms with Gasteiger partial charge in [-0.1, -0.05) is 18.2 Å². The van der Waals surface area contributed by atoms with Gasteiger partial charge in [-0.2, -0.15) is 0 Å². The van der Waals surface area contributed by atoms with Crippen LogP contribution in [0.4, 0.5) is 5.69 Å². The number of ether oxygens (including phenoxy) is 3. The Morgan fingerprint density at radius 2 is 1.62 bits per heavy atom. The van der Waals surface area contributed by atoms with Gasteiger partial charge in [0, 0.05) is 18.2 Å². The lowest BCUT2D eigenvalue weighted by Gasteiger charge is -2.28. The number of methoxy groups -OCH3 is 3. The van der Waals surface area contributed by atoms with Gasteiger partial charge in [-0.05, 0) is 25.1 Å². The third kappa shape index (κ3) is 5.32. The molecule has 0 radical (unpaired) electrons. The molecule has 29 heavy (non-hydrogen) atoms. The Bertz CT molecular complexity index is 961. The van der Waals surface area contributed by atoms with E-state index in [1.807, 2.05) is 18.2 Å². The number of hydrogen-bond donors (Lipinski definition) is 1. The highest BCUT2D eigenvalue weighted by Gasteiger charge is 2.29. The van der Waals surface area contributed by atoms with E-state index in [9.17, 15) is 13.2 Å². The summed E-state index contributed by atoms with van der Waals surface area (Å²) < 4.78 is 41.7. The van der Waals surface area contributed by atoms with Crippen LogP contribution in [0.1, 0.15) is 12.5 Å². The van der Waals surface area contributed by atoms with Crippen molar-refractivity contribution in [2.45, 2.75) is 19.5 Å². The van der Waals surface area contributed by atoms with Gasteiger partial charge in [0.25, 0.3) is 0 Å². The fourth-order valence-electron chi connectivity index (χ4n) is 2.95. The van der Waals surface area contributed by atoms with Crippen LogP contribution in [-0.4, -0.2) is 48.0 Å². The molecule has 0 saturated carbocycles. The second-order valence-electron chi connectivity index (χ2n) is 6.30. The summed E-state index contributed by atoms with van der Waals surface area (Å²) in [5, 5.41) is 2.77. The van der Waals surface area contributed by atoms with Gasteiger partial charge in [0.05, 0.1) is 33.3 Å². The predicted molar refractivity (Wildman–Crippen MR) is 111 cm³/mol. The Morgan fingerprint density at radius 1 is 1.00 bits per heavy atom. The molecule has 2 aromatic rings. The van der Waals surface area contributed by atoms with Gasteiger partial charge in [-0.15, -0.1) is 0 Å². The smallest absolute Gasteiger partial charge is 0.243 e. The van der Waals surface area contributed by atoms with Crippen LogP contribution in [0.3, 0.4) is 0 Å². The zero-order valence-corrected chi connectivity index (χ0v) is 17.9. The van der Waals surface area contributed by atoms with Crippen LogP contribution in [0.2, 0.25) is 0 Å². The van der Waals surface area contributed by atoms with Gasteiger partial charge >= 0.3 is 0 Å². The van der Waals surface area contributed by atoms with Crippen molar-refractivity contribution in [1.82, 2.24) is 5.32 Å². The lowest BCUT2D eigenvalue weighted by atomic mass is 10.2. The van der Waals surface area contributed by atoms with Crippen LogP contribution in [-0.2, 0) is 21.4 Å². The number of benzene rings is 2. The molecular formula is C20H26N2O6S. The average Bonchev–Trinajstić information content (AvgIpc) is 2.70. The summed E-state index contributed by atoms with van der Waals surface area (Å²) in [6.07, 6.45) is 1.05. The fraction of sp³-hybridized carbons (Fsp3) is 0.350. The van der Waals surface area contributed by atoms with Crippen LogP contribution >= 0.6 is 0 Å². The van der Waals surface area contributed by atoms with Crippen molar-refractivity contribution in [3.63, 3.8) is 0 Å². The lowest BCUT2D eigenvalue weighted by Crippen LogP contribution is -2.47. The van der Waals surface area contributed by atoms with E-state index in [4.69, 9.17) is 14.2 Å². The highest BCUT2D eigenvalue weighted by Crippen LogP contribution is 2.33. The molecule has 0 bridgehead atoms. The first kappa shape index (κ1) is 22.4. The molecule has 0 aliphatic rings. The molecule has 0 aromatic heterocycles. The van der Waals surface area contributed by atoms with Crippen molar-refractivity contribution >= 4 is 21.6 Å². The van der Waals surface area contributed by atoms with Crippen molar-refractivity contribution < 1.29 is 27.4 Å². The summed E-state index contributed by atoms with van der Waals surface area (Å²) in [5.74, 6) is 1.01. The zero-order chi connectivity index (χ0) is 21.6. The summed E-state index contributed by atoms with van der Waals surface area (Å²) in [5.41, 5.74) is 1.08. The normalized spacial score (nSPS) is 12.0. The minimum absolute atomic E-state index is 0.205. The average molecular weight is 423 g/mol. The first-order valence-electron chi connectivity index (χ1n) is 8.84. The molecule has 1 unspecified atom stereocenters. The van der Waals surface area contributed by atoms with Crippen LogP contribution in [0.15, 0.2) is 42.5 Å². The maximum atomic E-state index is 12.7. The van der Waals surface area contributed by atoms with Crippen molar-refractivity contribution in [3.05, 3.63) is 48.0 Å². The van der Waals surface area contributed by atoms with Crippen LogP contribution in [0, 0.1) is 0 Å². The number of carbonyl (C=O) groups is 1. The number of amides is 1. The molecular weight excluding hydrogens is 396 g/mol. The maximum Gasteiger partial charge on any atom is 0.243 e. The molecule has 158 valence electrons. The van der Waals surface area contributed by atoms with Gasteiger partial charge in [0.2, 0.25) is 15.9 Å². The number of rotatable bonds is 9. The van der Waals surface area contributed by atoms with Crippen molar-refractivity contribution in [2.75, 3.05) is 31.9 Å². The van der Waals surface area contributed by atoms with E-state index < -0.39 is 22.0 Å². The SMILES string of the molecule is COc1ccccc1CNC(=O)C(C)N(c1ccc(OC)c(OC)c1)S(C)(=O)=O. The van der Waals surface area contributed by atoms with Gasteiger partial charge in [0.1, 0.15) is 11.8 Å². The molecule has 8 nitrogen and oxygen atoms in total. The van der Waals surface area contributed by atoms with Crippen LogP contribution in [0.25, 0.3) is 0 Å². The number of para-hydroxylation sites is 1. The third-order valence-corrected chi connectivity index (χ3v) is 5.60. The highest BCUT2D eigenvalue weighted by molar-refractivity contribution is 7.92. The second kappa shape index (κ2) is 9.51. The molecule has 0 saturated heterocycles. The molecule has 2 aromatic carbocycles. The largest absolute Gasteiger partial charge is 0.496 e. The molecule has 0 fully saturated rings. The first-order valence-corrected chi connectivity index (χ1v) is 10.7. The summed E-state index contributed by atoms with van der Waals surface area (Å²) >= 11 is 0. The van der Waals surface area contributed by atoms with Gasteiger partial charge < -0.3 is 19.5 Å². The minimum Gasteiger partial charge on any atom is -0.496 e. The second-order valence-corrected chi connectivity index (χ2v) is 8.16. The highest BCUT2D eigenvalue weighted by atomic mass is 32.2. The number of anilines is 1. The van der Waals surface area contributed by atoms with Crippen molar-refractivity contribution in [3.8, 4) is 17.2 Å². The Balaban J connectivity index is 2.27. The number of carbonyl (C=O) groups excluding carboxylic acids is 1. The third-order valence-electron chi connectivity index (χ3n) is 4.36. The Labute approximate surface area is 171 Å². The topological polar surface area (TPSA) is 94.2 Å². The maximum absolute atomic E-state index is 12.7. The molecule has 2 rings (SSSR count). The zero-order valence-electron chi connectivity index (χ0n) is 17.1. The van der Waals surface area contributed by atoms with Crippen molar-refractivity contribution in [2.24, 2.45) is 0 Å². The van der Waals surface area contributed by atoms with Crippen molar-refractivity contribution in [1.29, 1.82) is 0 Å². The van der Waals surface area contributed by atoms with E-state index >= 15 is 0 Å². The van der Waals surface area contributed by atoms with Crippen LogP contribution < -0.4 is 23.8 Å².